The Morgan fingerprint density at radius 2 is 1.96 bits per heavy atom. The lowest BCUT2D eigenvalue weighted by atomic mass is 10.1. The van der Waals surface area contributed by atoms with Gasteiger partial charge in [-0.25, -0.2) is 4.98 Å². The van der Waals surface area contributed by atoms with Crippen molar-refractivity contribution in [3.63, 3.8) is 0 Å². The highest BCUT2D eigenvalue weighted by molar-refractivity contribution is 5.84. The van der Waals surface area contributed by atoms with Crippen molar-refractivity contribution in [2.75, 3.05) is 6.54 Å². The van der Waals surface area contributed by atoms with Crippen LogP contribution in [-0.4, -0.2) is 21.2 Å². The minimum Gasteiger partial charge on any atom is -0.506 e. The summed E-state index contributed by atoms with van der Waals surface area (Å²) in [4.78, 5) is 7.50. The van der Waals surface area contributed by atoms with Gasteiger partial charge in [0.05, 0.1) is 5.52 Å². The van der Waals surface area contributed by atoms with E-state index >= 15 is 0 Å². The summed E-state index contributed by atoms with van der Waals surface area (Å²) in [5.74, 6) is 1.19. The summed E-state index contributed by atoms with van der Waals surface area (Å²) in [5.41, 5.74) is 13.1. The Kier molecular flexibility index (Phi) is 5.44. The Morgan fingerprint density at radius 3 is 2.65 bits per heavy atom. The maximum atomic E-state index is 10.3. The summed E-state index contributed by atoms with van der Waals surface area (Å²) in [6, 6.07) is 12.0. The van der Waals surface area contributed by atoms with Crippen molar-refractivity contribution < 1.29 is 5.11 Å². The van der Waals surface area contributed by atoms with Crippen molar-refractivity contribution in [2.45, 2.75) is 39.5 Å². The number of aryl methyl sites for hydroxylation is 2. The van der Waals surface area contributed by atoms with E-state index in [1.165, 1.54) is 0 Å². The Bertz CT molecular complexity index is 952. The van der Waals surface area contributed by atoms with Gasteiger partial charge in [0.25, 0.3) is 0 Å². The molecule has 6 heteroatoms. The van der Waals surface area contributed by atoms with E-state index in [1.54, 1.807) is 6.07 Å². The number of nitrogens with zero attached hydrogens (tertiary/aromatic N) is 5. The van der Waals surface area contributed by atoms with Crippen LogP contribution in [0.5, 0.6) is 5.75 Å². The molecule has 0 fully saturated rings. The van der Waals surface area contributed by atoms with Crippen molar-refractivity contribution in [1.82, 2.24) is 9.55 Å². The molecule has 0 bridgehead atoms. The van der Waals surface area contributed by atoms with Crippen LogP contribution in [0.4, 0.5) is 0 Å². The molecule has 3 aromatic rings. The second-order valence-electron chi connectivity index (χ2n) is 6.49. The summed E-state index contributed by atoms with van der Waals surface area (Å²) in [6.45, 7) is 4.59. The molecular formula is C20H23N5O. The molecule has 134 valence electrons. The number of benzene rings is 2. The lowest BCUT2D eigenvalue weighted by Crippen LogP contribution is -2.02. The fourth-order valence-corrected chi connectivity index (χ4v) is 3.17. The number of phenols is 1. The van der Waals surface area contributed by atoms with Crippen LogP contribution >= 0.6 is 0 Å². The third-order valence-electron chi connectivity index (χ3n) is 4.47. The molecule has 0 aliphatic carbocycles. The number of imidazole rings is 1. The molecule has 2 aromatic carbocycles. The van der Waals surface area contributed by atoms with E-state index in [1.807, 2.05) is 19.1 Å². The Labute approximate surface area is 152 Å². The predicted octanol–water partition coefficient (Wildman–Crippen LogP) is 5.23. The Hall–Kier alpha value is -2.98. The first-order valence-corrected chi connectivity index (χ1v) is 8.95. The predicted molar refractivity (Wildman–Crippen MR) is 104 cm³/mol. The van der Waals surface area contributed by atoms with Crippen LogP contribution in [0.3, 0.4) is 0 Å². The van der Waals surface area contributed by atoms with Gasteiger partial charge < -0.3 is 5.11 Å². The van der Waals surface area contributed by atoms with E-state index in [9.17, 15) is 5.11 Å². The zero-order valence-electron chi connectivity index (χ0n) is 15.2. The van der Waals surface area contributed by atoms with Crippen LogP contribution in [0.2, 0.25) is 0 Å². The largest absolute Gasteiger partial charge is 0.506 e. The van der Waals surface area contributed by atoms with E-state index in [0.717, 1.165) is 53.8 Å². The number of aromatic nitrogens is 2. The molecule has 0 aliphatic heterocycles. The number of azide groups is 1. The van der Waals surface area contributed by atoms with E-state index < -0.39 is 0 Å². The number of fused-ring (bicyclic) bond motifs is 1. The van der Waals surface area contributed by atoms with Gasteiger partial charge in [-0.05, 0) is 60.7 Å². The van der Waals surface area contributed by atoms with Crippen LogP contribution < -0.4 is 0 Å². The minimum absolute atomic E-state index is 0.225. The Balaban J connectivity index is 2.05. The Morgan fingerprint density at radius 1 is 1.19 bits per heavy atom. The molecule has 3 rings (SSSR count). The van der Waals surface area contributed by atoms with Crippen molar-refractivity contribution in [3.05, 3.63) is 63.8 Å². The van der Waals surface area contributed by atoms with Gasteiger partial charge in [0.15, 0.2) is 0 Å². The summed E-state index contributed by atoms with van der Waals surface area (Å²) >= 11 is 0. The van der Waals surface area contributed by atoms with Crippen molar-refractivity contribution >= 4 is 11.0 Å². The summed E-state index contributed by atoms with van der Waals surface area (Å²) in [6.07, 6.45) is 3.72. The molecule has 0 unspecified atom stereocenters. The highest BCUT2D eigenvalue weighted by atomic mass is 16.3. The number of unbranched alkanes of at least 4 members (excludes halogenated alkanes) is 1. The monoisotopic (exact) mass is 349 g/mol. The maximum Gasteiger partial charge on any atom is 0.143 e. The average molecular weight is 349 g/mol. The van der Waals surface area contributed by atoms with Crippen molar-refractivity contribution in [3.8, 4) is 11.4 Å². The van der Waals surface area contributed by atoms with E-state index in [2.05, 4.69) is 39.7 Å². The molecule has 1 aromatic heterocycles. The maximum absolute atomic E-state index is 10.3. The molecule has 0 saturated carbocycles. The van der Waals surface area contributed by atoms with Gasteiger partial charge in [-0.1, -0.05) is 30.6 Å². The zero-order chi connectivity index (χ0) is 18.5. The fourth-order valence-electron chi connectivity index (χ4n) is 3.17. The first kappa shape index (κ1) is 17.8. The third kappa shape index (κ3) is 3.65. The van der Waals surface area contributed by atoms with Gasteiger partial charge in [-0.3, -0.25) is 4.57 Å². The highest BCUT2D eigenvalue weighted by Gasteiger charge is 2.15. The van der Waals surface area contributed by atoms with Gasteiger partial charge in [0.2, 0.25) is 0 Å². The summed E-state index contributed by atoms with van der Waals surface area (Å²) in [5, 5.41) is 13.9. The van der Waals surface area contributed by atoms with Crippen LogP contribution in [-0.2, 0) is 12.8 Å². The number of aromatic hydroxyl groups is 1. The molecule has 0 radical (unpaired) electrons. The molecule has 0 atom stereocenters. The molecule has 0 saturated heterocycles. The van der Waals surface area contributed by atoms with Gasteiger partial charge >= 0.3 is 0 Å². The van der Waals surface area contributed by atoms with Crippen LogP contribution in [0.15, 0.2) is 41.5 Å². The molecular weight excluding hydrogens is 326 g/mol. The lowest BCUT2D eigenvalue weighted by molar-refractivity contribution is 0.480. The van der Waals surface area contributed by atoms with E-state index in [0.29, 0.717) is 12.1 Å². The molecule has 26 heavy (non-hydrogen) atoms. The highest BCUT2D eigenvalue weighted by Crippen LogP contribution is 2.30. The third-order valence-corrected chi connectivity index (χ3v) is 4.47. The molecule has 1 N–H and O–H groups in total. The molecule has 0 spiro atoms. The fraction of sp³-hybridized carbons (Fsp3) is 0.350. The number of phenolic OH excluding ortho intramolecular Hbond substituents is 1. The van der Waals surface area contributed by atoms with Crippen molar-refractivity contribution in [2.24, 2.45) is 5.11 Å². The number of rotatable bonds is 7. The normalized spacial score (nSPS) is 10.8. The number of hydrogen-bond donors (Lipinski definition) is 1. The molecule has 6 nitrogen and oxygen atoms in total. The SMILES string of the molecule is CCCCc1nc2c(O)cc(C)cc2n1-c1ccc(CCN=[N+]=[N-])cc1. The van der Waals surface area contributed by atoms with Gasteiger partial charge in [0.1, 0.15) is 17.1 Å². The van der Waals surface area contributed by atoms with E-state index in [-0.39, 0.29) is 5.75 Å². The molecule has 1 heterocycles. The molecule has 0 amide bonds. The minimum atomic E-state index is 0.225. The number of hydrogen-bond acceptors (Lipinski definition) is 3. The summed E-state index contributed by atoms with van der Waals surface area (Å²) in [7, 11) is 0. The lowest BCUT2D eigenvalue weighted by Gasteiger charge is -2.10. The molecule has 0 aliphatic rings. The average Bonchev–Trinajstić information content (AvgIpc) is 2.99. The first-order chi connectivity index (χ1) is 12.6. The topological polar surface area (TPSA) is 86.8 Å². The second-order valence-corrected chi connectivity index (χ2v) is 6.49. The van der Waals surface area contributed by atoms with Crippen LogP contribution in [0, 0.1) is 6.92 Å². The zero-order valence-corrected chi connectivity index (χ0v) is 15.2. The van der Waals surface area contributed by atoms with E-state index in [4.69, 9.17) is 10.5 Å². The van der Waals surface area contributed by atoms with Crippen LogP contribution in [0.25, 0.3) is 27.2 Å². The second kappa shape index (κ2) is 7.93. The van der Waals surface area contributed by atoms with Gasteiger partial charge in [-0.2, -0.15) is 0 Å². The standard InChI is InChI=1S/C20H23N5O/c1-3-4-5-19-23-20-17(12-14(2)13-18(20)26)25(19)16-8-6-15(7-9-16)10-11-22-24-21/h6-9,12-13,26H,3-5,10-11H2,1-2H3. The summed E-state index contributed by atoms with van der Waals surface area (Å²) < 4.78 is 2.13. The van der Waals surface area contributed by atoms with Crippen molar-refractivity contribution in [1.29, 1.82) is 0 Å². The van der Waals surface area contributed by atoms with Gasteiger partial charge in [-0.15, -0.1) is 0 Å². The smallest absolute Gasteiger partial charge is 0.143 e. The van der Waals surface area contributed by atoms with Crippen LogP contribution in [0.1, 0.15) is 36.7 Å². The quantitative estimate of drug-likeness (QED) is 0.359. The van der Waals surface area contributed by atoms with Gasteiger partial charge in [0, 0.05) is 23.6 Å². The first-order valence-electron chi connectivity index (χ1n) is 8.95.